The number of fused-ring (bicyclic) bond motifs is 1. The van der Waals surface area contributed by atoms with Gasteiger partial charge in [0, 0.05) is 35.5 Å². The maximum Gasteiger partial charge on any atom is 0.268 e. The maximum atomic E-state index is 12.7. The van der Waals surface area contributed by atoms with Crippen molar-refractivity contribution >= 4 is 49.2 Å². The molecule has 2 heterocycles. The van der Waals surface area contributed by atoms with E-state index in [0.717, 1.165) is 39.6 Å². The number of hydrogen-bond acceptors (Lipinski definition) is 7. The molecule has 0 radical (unpaired) electrons. The summed E-state index contributed by atoms with van der Waals surface area (Å²) in [4.78, 5) is 12.7. The van der Waals surface area contributed by atoms with Crippen LogP contribution in [0.1, 0.15) is 16.7 Å². The van der Waals surface area contributed by atoms with Gasteiger partial charge in [0.2, 0.25) is 19.3 Å². The molecule has 0 bridgehead atoms. The normalized spacial score (nSPS) is 12.0. The van der Waals surface area contributed by atoms with E-state index in [0.29, 0.717) is 6.54 Å². The van der Waals surface area contributed by atoms with Crippen molar-refractivity contribution in [1.82, 2.24) is 14.8 Å². The van der Waals surface area contributed by atoms with Crippen LogP contribution in [0.3, 0.4) is 0 Å². The van der Waals surface area contributed by atoms with E-state index < -0.39 is 15.7 Å². The van der Waals surface area contributed by atoms with E-state index in [1.807, 2.05) is 55.6 Å². The van der Waals surface area contributed by atoms with Gasteiger partial charge in [-0.05, 0) is 24.6 Å². The fourth-order valence-electron chi connectivity index (χ4n) is 3.41. The van der Waals surface area contributed by atoms with Crippen LogP contribution in [0.2, 0.25) is 0 Å². The topological polar surface area (TPSA) is 118 Å². The minimum absolute atomic E-state index is 0.00320. The number of benzene rings is 2. The molecular weight excluding hydrogens is 458 g/mol. The van der Waals surface area contributed by atoms with Crippen molar-refractivity contribution in [1.29, 1.82) is 5.26 Å². The van der Waals surface area contributed by atoms with Gasteiger partial charge in [-0.1, -0.05) is 59.4 Å². The molecule has 0 aliphatic carbocycles. The number of nitriles is 1. The number of anilines is 1. The molecule has 0 saturated carbocycles. The summed E-state index contributed by atoms with van der Waals surface area (Å²) < 4.78 is 25.0. The number of para-hydroxylation sites is 1. The zero-order chi connectivity index (χ0) is 23.6. The Morgan fingerprint density at radius 3 is 2.70 bits per heavy atom. The average molecular weight is 478 g/mol. The van der Waals surface area contributed by atoms with Gasteiger partial charge in [-0.2, -0.15) is 5.26 Å². The smallest absolute Gasteiger partial charge is 0.268 e. The number of nitrogens with zero attached hydrogens (tertiary/aromatic N) is 4. The number of nitrogens with one attached hydrogen (secondary N) is 1. The third-order valence-corrected chi connectivity index (χ3v) is 7.37. The molecule has 0 aliphatic rings. The van der Waals surface area contributed by atoms with Crippen LogP contribution < -0.4 is 5.32 Å². The van der Waals surface area contributed by atoms with E-state index in [1.165, 1.54) is 11.6 Å². The summed E-state index contributed by atoms with van der Waals surface area (Å²) in [5.41, 5.74) is 3.87. The Morgan fingerprint density at radius 2 is 2.00 bits per heavy atom. The number of carbonyl (C=O) groups is 1. The van der Waals surface area contributed by atoms with E-state index in [9.17, 15) is 18.5 Å². The SMILES string of the molecule is Cc1cccc(Cn2cc(C=C(C#N)C(=O)Nc3nnc(S(C)(=O)=O)s3)c3ccccc32)c1. The van der Waals surface area contributed by atoms with E-state index in [2.05, 4.69) is 32.2 Å². The molecule has 33 heavy (non-hydrogen) atoms. The van der Waals surface area contributed by atoms with E-state index in [1.54, 1.807) is 0 Å². The molecule has 0 aliphatic heterocycles. The van der Waals surface area contributed by atoms with Gasteiger partial charge in [0.05, 0.1) is 0 Å². The first-order valence-corrected chi connectivity index (χ1v) is 12.6. The Morgan fingerprint density at radius 1 is 1.21 bits per heavy atom. The third-order valence-electron chi connectivity index (χ3n) is 4.86. The Balaban J connectivity index is 1.66. The fraction of sp³-hybridized carbons (Fsp3) is 0.130. The quantitative estimate of drug-likeness (QED) is 0.256. The molecule has 0 fully saturated rings. The Hall–Kier alpha value is -3.81. The molecule has 0 unspecified atom stereocenters. The first kappa shape index (κ1) is 22.4. The first-order valence-electron chi connectivity index (χ1n) is 9.85. The number of rotatable bonds is 6. The van der Waals surface area contributed by atoms with Gasteiger partial charge in [0.15, 0.2) is 0 Å². The van der Waals surface area contributed by atoms with Crippen molar-refractivity contribution in [3.63, 3.8) is 0 Å². The van der Waals surface area contributed by atoms with Crippen molar-refractivity contribution in [2.75, 3.05) is 11.6 Å². The highest BCUT2D eigenvalue weighted by Gasteiger charge is 2.18. The minimum atomic E-state index is -3.53. The first-order chi connectivity index (χ1) is 15.7. The summed E-state index contributed by atoms with van der Waals surface area (Å²) in [6, 6.07) is 17.9. The molecule has 10 heteroatoms. The number of sulfone groups is 1. The molecule has 1 amide bonds. The Labute approximate surface area is 194 Å². The molecular formula is C23H19N5O3S2. The van der Waals surface area contributed by atoms with Gasteiger partial charge in [0.1, 0.15) is 11.6 Å². The second-order valence-electron chi connectivity index (χ2n) is 7.49. The van der Waals surface area contributed by atoms with Crippen LogP contribution in [-0.4, -0.2) is 35.3 Å². The highest BCUT2D eigenvalue weighted by molar-refractivity contribution is 7.92. The van der Waals surface area contributed by atoms with Crippen LogP contribution in [0.4, 0.5) is 5.13 Å². The molecule has 4 aromatic rings. The monoisotopic (exact) mass is 477 g/mol. The molecule has 8 nitrogen and oxygen atoms in total. The third kappa shape index (κ3) is 5.00. The van der Waals surface area contributed by atoms with Crippen molar-refractivity contribution in [3.8, 4) is 6.07 Å². The van der Waals surface area contributed by atoms with Crippen LogP contribution in [0.15, 0.2) is 64.6 Å². The van der Waals surface area contributed by atoms with Gasteiger partial charge in [0.25, 0.3) is 5.91 Å². The lowest BCUT2D eigenvalue weighted by molar-refractivity contribution is -0.112. The predicted octanol–water partition coefficient (Wildman–Crippen LogP) is 3.80. The summed E-state index contributed by atoms with van der Waals surface area (Å²) in [6.07, 6.45) is 4.43. The predicted molar refractivity (Wildman–Crippen MR) is 127 cm³/mol. The summed E-state index contributed by atoms with van der Waals surface area (Å²) in [5.74, 6) is -0.691. The van der Waals surface area contributed by atoms with Gasteiger partial charge in [-0.3, -0.25) is 10.1 Å². The van der Waals surface area contributed by atoms with Gasteiger partial charge < -0.3 is 4.57 Å². The molecule has 0 saturated heterocycles. The van der Waals surface area contributed by atoms with E-state index in [-0.39, 0.29) is 15.0 Å². The van der Waals surface area contributed by atoms with Gasteiger partial charge >= 0.3 is 0 Å². The fourth-order valence-corrected chi connectivity index (χ4v) is 4.91. The highest BCUT2D eigenvalue weighted by Crippen LogP contribution is 2.25. The molecule has 2 aromatic heterocycles. The largest absolute Gasteiger partial charge is 0.342 e. The summed E-state index contributed by atoms with van der Waals surface area (Å²) in [5, 5.41) is 20.2. The zero-order valence-corrected chi connectivity index (χ0v) is 19.4. The molecule has 0 spiro atoms. The van der Waals surface area contributed by atoms with Crippen molar-refractivity contribution in [3.05, 3.63) is 77.0 Å². The highest BCUT2D eigenvalue weighted by atomic mass is 32.2. The van der Waals surface area contributed by atoms with Crippen molar-refractivity contribution in [2.24, 2.45) is 0 Å². The average Bonchev–Trinajstić information content (AvgIpc) is 3.37. The van der Waals surface area contributed by atoms with Crippen LogP contribution >= 0.6 is 11.3 Å². The van der Waals surface area contributed by atoms with Gasteiger partial charge in [-0.15, -0.1) is 10.2 Å². The molecule has 166 valence electrons. The maximum absolute atomic E-state index is 12.7. The second-order valence-corrected chi connectivity index (χ2v) is 10.7. The number of aromatic nitrogens is 3. The van der Waals surface area contributed by atoms with Crippen molar-refractivity contribution in [2.45, 2.75) is 17.8 Å². The standard InChI is InChI=1S/C23H19N5O3S2/c1-15-6-5-7-16(10-15)13-28-14-18(19-8-3-4-9-20(19)28)11-17(12-24)21(29)25-22-26-27-23(32-22)33(2,30)31/h3-11,14H,13H2,1-2H3,(H,25,26,29). The second kappa shape index (κ2) is 8.97. The summed E-state index contributed by atoms with van der Waals surface area (Å²) in [7, 11) is -3.53. The summed E-state index contributed by atoms with van der Waals surface area (Å²) >= 11 is 0.728. The lowest BCUT2D eigenvalue weighted by atomic mass is 10.1. The minimum Gasteiger partial charge on any atom is -0.342 e. The molecule has 4 rings (SSSR count). The van der Waals surface area contributed by atoms with Crippen molar-refractivity contribution < 1.29 is 13.2 Å². The molecule has 1 N–H and O–H groups in total. The lowest BCUT2D eigenvalue weighted by Crippen LogP contribution is -2.13. The lowest BCUT2D eigenvalue weighted by Gasteiger charge is -2.06. The Bertz CT molecular complexity index is 1540. The number of carbonyl (C=O) groups excluding carboxylic acids is 1. The molecule has 2 aromatic carbocycles. The van der Waals surface area contributed by atoms with E-state index in [4.69, 9.17) is 0 Å². The van der Waals surface area contributed by atoms with Gasteiger partial charge in [-0.25, -0.2) is 8.42 Å². The number of amides is 1. The summed E-state index contributed by atoms with van der Waals surface area (Å²) in [6.45, 7) is 2.68. The van der Waals surface area contributed by atoms with Crippen LogP contribution in [0.5, 0.6) is 0 Å². The number of hydrogen-bond donors (Lipinski definition) is 1. The van der Waals surface area contributed by atoms with E-state index >= 15 is 0 Å². The van der Waals surface area contributed by atoms with Crippen LogP contribution in [0, 0.1) is 18.3 Å². The molecule has 0 atom stereocenters. The Kier molecular flexibility index (Phi) is 6.09. The zero-order valence-electron chi connectivity index (χ0n) is 17.8. The van der Waals surface area contributed by atoms with Crippen LogP contribution in [0.25, 0.3) is 17.0 Å². The number of aryl methyl sites for hydroxylation is 1. The van der Waals surface area contributed by atoms with Crippen LogP contribution in [-0.2, 0) is 21.2 Å².